The lowest BCUT2D eigenvalue weighted by Crippen LogP contribution is -2.41. The molecule has 94 valence electrons. The molecule has 1 heterocycles. The molecule has 1 amide bonds. The van der Waals surface area contributed by atoms with Crippen molar-refractivity contribution >= 4 is 22.8 Å². The predicted molar refractivity (Wildman–Crippen MR) is 70.3 cm³/mol. The van der Waals surface area contributed by atoms with Crippen LogP contribution >= 0.6 is 11.8 Å². The van der Waals surface area contributed by atoms with Crippen molar-refractivity contribution in [1.29, 1.82) is 0 Å². The summed E-state index contributed by atoms with van der Waals surface area (Å²) >= 11 is 1.77. The van der Waals surface area contributed by atoms with E-state index in [2.05, 4.69) is 15.6 Å². The van der Waals surface area contributed by atoms with Gasteiger partial charge in [0.25, 0.3) is 0 Å². The van der Waals surface area contributed by atoms with Crippen LogP contribution in [0.5, 0.6) is 0 Å². The molecule has 2 N–H and O–H groups in total. The topological polar surface area (TPSA) is 53.5 Å². The Hall–Kier alpha value is -0.710. The summed E-state index contributed by atoms with van der Waals surface area (Å²) in [5, 5.41) is 7.45. The zero-order valence-electron chi connectivity index (χ0n) is 10.00. The summed E-state index contributed by atoms with van der Waals surface area (Å²) in [6.45, 7) is 0.280. The van der Waals surface area contributed by atoms with Crippen LogP contribution in [0.15, 0.2) is 4.99 Å². The fourth-order valence-electron chi connectivity index (χ4n) is 2.56. The van der Waals surface area contributed by atoms with E-state index in [1.54, 1.807) is 11.8 Å². The second-order valence-electron chi connectivity index (χ2n) is 5.36. The molecule has 0 atom stereocenters. The summed E-state index contributed by atoms with van der Waals surface area (Å²) in [5.74, 6) is 1.19. The van der Waals surface area contributed by atoms with Gasteiger partial charge in [-0.15, -0.1) is 0 Å². The van der Waals surface area contributed by atoms with Gasteiger partial charge in [0.2, 0.25) is 5.91 Å². The van der Waals surface area contributed by atoms with Crippen molar-refractivity contribution in [3.8, 4) is 0 Å². The molecule has 0 aromatic heterocycles. The number of nitrogens with one attached hydrogen (secondary N) is 2. The Kier molecular flexibility index (Phi) is 3.03. The number of amides is 1. The largest absolute Gasteiger partial charge is 0.359 e. The van der Waals surface area contributed by atoms with Gasteiger partial charge in [-0.2, -0.15) is 0 Å². The Morgan fingerprint density at radius 2 is 2.24 bits per heavy atom. The minimum Gasteiger partial charge on any atom is -0.359 e. The van der Waals surface area contributed by atoms with Crippen LogP contribution in [0.1, 0.15) is 38.5 Å². The Morgan fingerprint density at radius 1 is 1.47 bits per heavy atom. The summed E-state index contributed by atoms with van der Waals surface area (Å²) in [6, 6.07) is 0.438. The van der Waals surface area contributed by atoms with Gasteiger partial charge in [-0.05, 0) is 25.7 Å². The fraction of sp³-hybridized carbons (Fsp3) is 0.833. The fourth-order valence-corrected chi connectivity index (χ4v) is 3.77. The summed E-state index contributed by atoms with van der Waals surface area (Å²) < 4.78 is 0. The van der Waals surface area contributed by atoms with Crippen molar-refractivity contribution in [2.45, 2.75) is 50.1 Å². The van der Waals surface area contributed by atoms with Gasteiger partial charge in [0.15, 0.2) is 5.17 Å². The summed E-state index contributed by atoms with van der Waals surface area (Å²) in [4.78, 5) is 15.9. The van der Waals surface area contributed by atoms with E-state index in [1.165, 1.54) is 25.7 Å². The van der Waals surface area contributed by atoms with Crippen molar-refractivity contribution in [2.24, 2.45) is 4.99 Å². The number of hydrogen-bond donors (Lipinski definition) is 2. The Morgan fingerprint density at radius 3 is 2.94 bits per heavy atom. The third-order valence-corrected chi connectivity index (χ3v) is 4.93. The molecule has 0 radical (unpaired) electrons. The standard InChI is InChI=1S/C12H19N3OS/c16-10(14-9-3-4-9)7-13-11-15-12(8-17-11)5-1-2-6-12/h9H,1-8H2,(H,13,15)(H,14,16). The molecule has 3 fully saturated rings. The Bertz CT molecular complexity index is 346. The molecule has 2 aliphatic carbocycles. The Balaban J connectivity index is 1.49. The van der Waals surface area contributed by atoms with E-state index in [4.69, 9.17) is 0 Å². The summed E-state index contributed by atoms with van der Waals surface area (Å²) in [5.41, 5.74) is 0.302. The van der Waals surface area contributed by atoms with E-state index in [-0.39, 0.29) is 12.5 Å². The first-order chi connectivity index (χ1) is 8.26. The van der Waals surface area contributed by atoms with E-state index in [0.717, 1.165) is 23.8 Å². The van der Waals surface area contributed by atoms with Crippen molar-refractivity contribution in [1.82, 2.24) is 10.6 Å². The first-order valence-corrected chi connectivity index (χ1v) is 7.49. The number of thioether (sulfide) groups is 1. The number of rotatable bonds is 3. The van der Waals surface area contributed by atoms with Crippen LogP contribution in [-0.2, 0) is 4.79 Å². The minimum absolute atomic E-state index is 0.0646. The second-order valence-corrected chi connectivity index (χ2v) is 6.33. The molecule has 5 heteroatoms. The maximum atomic E-state index is 11.5. The molecule has 1 saturated heterocycles. The molecule has 4 nitrogen and oxygen atoms in total. The molecule has 0 bridgehead atoms. The molecule has 0 aromatic carbocycles. The van der Waals surface area contributed by atoms with Gasteiger partial charge >= 0.3 is 0 Å². The maximum absolute atomic E-state index is 11.5. The van der Waals surface area contributed by atoms with E-state index < -0.39 is 0 Å². The third-order valence-electron chi connectivity index (χ3n) is 3.73. The molecule has 2 saturated carbocycles. The molecule has 17 heavy (non-hydrogen) atoms. The second kappa shape index (κ2) is 4.52. The zero-order chi connectivity index (χ0) is 11.7. The lowest BCUT2D eigenvalue weighted by atomic mass is 10.0. The monoisotopic (exact) mass is 253 g/mol. The quantitative estimate of drug-likeness (QED) is 0.796. The zero-order valence-corrected chi connectivity index (χ0v) is 10.8. The number of carbonyl (C=O) groups is 1. The first kappa shape index (κ1) is 11.4. The van der Waals surface area contributed by atoms with Crippen molar-refractivity contribution in [3.63, 3.8) is 0 Å². The third kappa shape index (κ3) is 2.76. The van der Waals surface area contributed by atoms with Gasteiger partial charge in [0.1, 0.15) is 6.54 Å². The van der Waals surface area contributed by atoms with Crippen LogP contribution in [0.2, 0.25) is 0 Å². The van der Waals surface area contributed by atoms with Crippen LogP contribution in [0.3, 0.4) is 0 Å². The smallest absolute Gasteiger partial charge is 0.241 e. The highest BCUT2D eigenvalue weighted by Gasteiger charge is 2.39. The van der Waals surface area contributed by atoms with E-state index in [1.807, 2.05) is 0 Å². The van der Waals surface area contributed by atoms with Crippen LogP contribution in [-0.4, -0.2) is 35.0 Å². The number of hydrogen-bond acceptors (Lipinski definition) is 3. The van der Waals surface area contributed by atoms with Crippen molar-refractivity contribution in [2.75, 3.05) is 12.3 Å². The van der Waals surface area contributed by atoms with Crippen molar-refractivity contribution in [3.05, 3.63) is 0 Å². The number of aliphatic imine (C=N–C) groups is 1. The molecule has 0 aromatic rings. The predicted octanol–water partition coefficient (Wildman–Crippen LogP) is 1.27. The SMILES string of the molecule is O=C(CN=C1NC2(CCCC2)CS1)NC1CC1. The van der Waals surface area contributed by atoms with Gasteiger partial charge in [0, 0.05) is 17.3 Å². The maximum Gasteiger partial charge on any atom is 0.241 e. The Labute approximate surface area is 106 Å². The van der Waals surface area contributed by atoms with Gasteiger partial charge in [-0.25, -0.2) is 0 Å². The average molecular weight is 253 g/mol. The van der Waals surface area contributed by atoms with Crippen molar-refractivity contribution < 1.29 is 4.79 Å². The van der Waals surface area contributed by atoms with E-state index in [0.29, 0.717) is 11.6 Å². The average Bonchev–Trinajstić information content (AvgIpc) is 2.89. The summed E-state index contributed by atoms with van der Waals surface area (Å²) in [6.07, 6.45) is 7.43. The van der Waals surface area contributed by atoms with Gasteiger partial charge in [-0.3, -0.25) is 9.79 Å². The first-order valence-electron chi connectivity index (χ1n) is 6.51. The van der Waals surface area contributed by atoms with Gasteiger partial charge in [0.05, 0.1) is 0 Å². The molecule has 3 aliphatic rings. The lowest BCUT2D eigenvalue weighted by molar-refractivity contribution is -0.119. The molecular formula is C12H19N3OS. The highest BCUT2D eigenvalue weighted by atomic mass is 32.2. The van der Waals surface area contributed by atoms with Crippen LogP contribution in [0.4, 0.5) is 0 Å². The van der Waals surface area contributed by atoms with E-state index in [9.17, 15) is 4.79 Å². The molecule has 3 rings (SSSR count). The minimum atomic E-state index is 0.0646. The lowest BCUT2D eigenvalue weighted by Gasteiger charge is -2.21. The highest BCUT2D eigenvalue weighted by molar-refractivity contribution is 8.14. The normalized spacial score (nSPS) is 28.6. The van der Waals surface area contributed by atoms with Gasteiger partial charge < -0.3 is 10.6 Å². The highest BCUT2D eigenvalue weighted by Crippen LogP contribution is 2.37. The van der Waals surface area contributed by atoms with E-state index >= 15 is 0 Å². The molecule has 1 aliphatic heterocycles. The number of amidine groups is 1. The number of carbonyl (C=O) groups excluding carboxylic acids is 1. The number of nitrogens with zero attached hydrogens (tertiary/aromatic N) is 1. The molecule has 0 unspecified atom stereocenters. The van der Waals surface area contributed by atoms with Crippen LogP contribution in [0.25, 0.3) is 0 Å². The van der Waals surface area contributed by atoms with Crippen LogP contribution < -0.4 is 10.6 Å². The van der Waals surface area contributed by atoms with Crippen LogP contribution in [0, 0.1) is 0 Å². The molecular weight excluding hydrogens is 234 g/mol. The van der Waals surface area contributed by atoms with Gasteiger partial charge in [-0.1, -0.05) is 24.6 Å². The molecule has 1 spiro atoms. The summed E-state index contributed by atoms with van der Waals surface area (Å²) in [7, 11) is 0.